The average Bonchev–Trinajstić information content (AvgIpc) is 2.06. The van der Waals surface area contributed by atoms with Crippen LogP contribution in [0.5, 0.6) is 0 Å². The van der Waals surface area contributed by atoms with E-state index in [-0.39, 0.29) is 0 Å². The highest BCUT2D eigenvalue weighted by molar-refractivity contribution is 4.89. The lowest BCUT2D eigenvalue weighted by atomic mass is 9.76. The maximum atomic E-state index is 10.1. The van der Waals surface area contributed by atoms with Crippen molar-refractivity contribution >= 4 is 0 Å². The molecule has 70 valence electrons. The van der Waals surface area contributed by atoms with Crippen molar-refractivity contribution < 1.29 is 5.11 Å². The molecule has 0 aromatic heterocycles. The summed E-state index contributed by atoms with van der Waals surface area (Å²) in [7, 11) is 0. The second-order valence-electron chi connectivity index (χ2n) is 4.18. The average molecular weight is 168 g/mol. The van der Waals surface area contributed by atoms with Crippen molar-refractivity contribution in [3.05, 3.63) is 12.7 Å². The Bertz CT molecular complexity index is 143. The lowest BCUT2D eigenvalue weighted by Crippen LogP contribution is -2.35. The molecule has 0 aromatic rings. The first-order valence-electron chi connectivity index (χ1n) is 5.00. The summed E-state index contributed by atoms with van der Waals surface area (Å²) in [5.41, 5.74) is -0.498. The number of hydrogen-bond acceptors (Lipinski definition) is 1. The van der Waals surface area contributed by atoms with Crippen LogP contribution in [0.4, 0.5) is 0 Å². The first kappa shape index (κ1) is 9.79. The van der Waals surface area contributed by atoms with Gasteiger partial charge in [-0.05, 0) is 32.1 Å². The zero-order valence-corrected chi connectivity index (χ0v) is 8.05. The van der Waals surface area contributed by atoms with Crippen molar-refractivity contribution in [2.45, 2.75) is 51.0 Å². The summed E-state index contributed by atoms with van der Waals surface area (Å²) in [4.78, 5) is 0. The molecular weight excluding hydrogens is 148 g/mol. The molecule has 1 rings (SSSR count). The van der Waals surface area contributed by atoms with Crippen molar-refractivity contribution in [2.24, 2.45) is 5.92 Å². The second kappa shape index (κ2) is 4.08. The third-order valence-corrected chi connectivity index (χ3v) is 3.04. The molecule has 0 saturated heterocycles. The largest absolute Gasteiger partial charge is 0.390 e. The fourth-order valence-electron chi connectivity index (χ4n) is 2.18. The Labute approximate surface area is 75.5 Å². The molecule has 0 heterocycles. The molecule has 1 heteroatoms. The summed E-state index contributed by atoms with van der Waals surface area (Å²) in [5, 5.41) is 10.1. The molecule has 1 atom stereocenters. The summed E-state index contributed by atoms with van der Waals surface area (Å²) < 4.78 is 0. The van der Waals surface area contributed by atoms with E-state index in [1.807, 2.05) is 13.0 Å². The first-order chi connectivity index (χ1) is 5.67. The molecule has 0 aliphatic heterocycles. The van der Waals surface area contributed by atoms with E-state index < -0.39 is 5.60 Å². The van der Waals surface area contributed by atoms with Gasteiger partial charge in [-0.3, -0.25) is 0 Å². The molecule has 12 heavy (non-hydrogen) atoms. The van der Waals surface area contributed by atoms with Gasteiger partial charge in [-0.25, -0.2) is 0 Å². The van der Waals surface area contributed by atoms with Crippen LogP contribution in [-0.2, 0) is 0 Å². The Morgan fingerprint density at radius 3 is 2.50 bits per heavy atom. The summed E-state index contributed by atoms with van der Waals surface area (Å²) in [6.07, 6.45) is 8.88. The summed E-state index contributed by atoms with van der Waals surface area (Å²) >= 11 is 0. The molecule has 0 radical (unpaired) electrons. The predicted octanol–water partition coefficient (Wildman–Crippen LogP) is 2.89. The van der Waals surface area contributed by atoms with E-state index in [1.165, 1.54) is 32.1 Å². The molecule has 1 N–H and O–H groups in total. The Hall–Kier alpha value is -0.300. The van der Waals surface area contributed by atoms with Crippen LogP contribution in [0.1, 0.15) is 45.4 Å². The van der Waals surface area contributed by atoms with Crippen molar-refractivity contribution in [1.29, 1.82) is 0 Å². The van der Waals surface area contributed by atoms with Gasteiger partial charge in [0.25, 0.3) is 0 Å². The quantitative estimate of drug-likeness (QED) is 0.642. The van der Waals surface area contributed by atoms with Crippen LogP contribution >= 0.6 is 0 Å². The molecule has 0 spiro atoms. The summed E-state index contributed by atoms with van der Waals surface area (Å²) in [6, 6.07) is 0. The normalized spacial score (nSPS) is 24.8. The van der Waals surface area contributed by atoms with Crippen molar-refractivity contribution in [1.82, 2.24) is 0 Å². The Balaban J connectivity index is 2.47. The van der Waals surface area contributed by atoms with Gasteiger partial charge >= 0.3 is 0 Å². The number of aliphatic hydroxyl groups is 1. The number of hydrogen-bond donors (Lipinski definition) is 1. The van der Waals surface area contributed by atoms with Crippen LogP contribution in [0, 0.1) is 5.92 Å². The van der Waals surface area contributed by atoms with Gasteiger partial charge in [-0.1, -0.05) is 25.3 Å². The van der Waals surface area contributed by atoms with Gasteiger partial charge in [0.05, 0.1) is 5.60 Å². The third-order valence-electron chi connectivity index (χ3n) is 3.04. The summed E-state index contributed by atoms with van der Waals surface area (Å²) in [5.74, 6) is 0.504. The fraction of sp³-hybridized carbons (Fsp3) is 0.818. The highest BCUT2D eigenvalue weighted by Gasteiger charge is 2.31. The molecular formula is C11H20O. The lowest BCUT2D eigenvalue weighted by Gasteiger charge is -2.34. The van der Waals surface area contributed by atoms with Crippen LogP contribution in [0.25, 0.3) is 0 Å². The van der Waals surface area contributed by atoms with E-state index >= 15 is 0 Å². The SMILES string of the molecule is C=CCC(C)(O)C1CCCCC1. The second-order valence-corrected chi connectivity index (χ2v) is 4.18. The van der Waals surface area contributed by atoms with Crippen LogP contribution in [-0.4, -0.2) is 10.7 Å². The standard InChI is InChI=1S/C11H20O/c1-3-9-11(2,12)10-7-5-4-6-8-10/h3,10,12H,1,4-9H2,2H3. The highest BCUT2D eigenvalue weighted by Crippen LogP contribution is 2.34. The van der Waals surface area contributed by atoms with E-state index in [4.69, 9.17) is 0 Å². The van der Waals surface area contributed by atoms with Gasteiger partial charge in [0.2, 0.25) is 0 Å². The van der Waals surface area contributed by atoms with Crippen molar-refractivity contribution in [3.63, 3.8) is 0 Å². The van der Waals surface area contributed by atoms with Crippen LogP contribution in [0.15, 0.2) is 12.7 Å². The zero-order chi connectivity index (χ0) is 9.03. The van der Waals surface area contributed by atoms with Gasteiger partial charge in [0, 0.05) is 0 Å². The van der Waals surface area contributed by atoms with E-state index in [1.54, 1.807) is 0 Å². The van der Waals surface area contributed by atoms with Gasteiger partial charge in [-0.2, -0.15) is 0 Å². The van der Waals surface area contributed by atoms with E-state index in [2.05, 4.69) is 6.58 Å². The Kier molecular flexibility index (Phi) is 3.33. The molecule has 0 amide bonds. The van der Waals surface area contributed by atoms with Crippen molar-refractivity contribution in [2.75, 3.05) is 0 Å². The summed E-state index contributed by atoms with van der Waals surface area (Å²) in [6.45, 7) is 5.63. The van der Waals surface area contributed by atoms with Gasteiger partial charge in [0.1, 0.15) is 0 Å². The van der Waals surface area contributed by atoms with Gasteiger partial charge in [0.15, 0.2) is 0 Å². The monoisotopic (exact) mass is 168 g/mol. The van der Waals surface area contributed by atoms with Gasteiger partial charge in [-0.15, -0.1) is 6.58 Å². The minimum atomic E-state index is -0.498. The maximum absolute atomic E-state index is 10.1. The number of rotatable bonds is 3. The molecule has 1 saturated carbocycles. The molecule has 1 aliphatic rings. The van der Waals surface area contributed by atoms with Gasteiger partial charge < -0.3 is 5.11 Å². The predicted molar refractivity (Wildman–Crippen MR) is 52.0 cm³/mol. The Morgan fingerprint density at radius 1 is 1.42 bits per heavy atom. The van der Waals surface area contributed by atoms with E-state index in [9.17, 15) is 5.11 Å². The zero-order valence-electron chi connectivity index (χ0n) is 8.05. The fourth-order valence-corrected chi connectivity index (χ4v) is 2.18. The first-order valence-corrected chi connectivity index (χ1v) is 5.00. The van der Waals surface area contributed by atoms with Crippen molar-refractivity contribution in [3.8, 4) is 0 Å². The topological polar surface area (TPSA) is 20.2 Å². The van der Waals surface area contributed by atoms with Crippen LogP contribution in [0.2, 0.25) is 0 Å². The lowest BCUT2D eigenvalue weighted by molar-refractivity contribution is -0.0136. The highest BCUT2D eigenvalue weighted by atomic mass is 16.3. The Morgan fingerprint density at radius 2 is 2.00 bits per heavy atom. The smallest absolute Gasteiger partial charge is 0.0681 e. The maximum Gasteiger partial charge on any atom is 0.0681 e. The van der Waals surface area contributed by atoms with E-state index in [0.717, 1.165) is 6.42 Å². The molecule has 1 fully saturated rings. The third kappa shape index (κ3) is 2.34. The molecule has 1 unspecified atom stereocenters. The molecule has 1 nitrogen and oxygen atoms in total. The molecule has 0 bridgehead atoms. The van der Waals surface area contributed by atoms with Crippen LogP contribution in [0.3, 0.4) is 0 Å². The minimum absolute atomic E-state index is 0.498. The molecule has 1 aliphatic carbocycles. The van der Waals surface area contributed by atoms with Crippen LogP contribution < -0.4 is 0 Å². The van der Waals surface area contributed by atoms with E-state index in [0.29, 0.717) is 5.92 Å². The molecule has 0 aromatic carbocycles. The minimum Gasteiger partial charge on any atom is -0.390 e.